The van der Waals surface area contributed by atoms with Crippen LogP contribution in [0.4, 0.5) is 0 Å². The van der Waals surface area contributed by atoms with Crippen molar-refractivity contribution in [3.63, 3.8) is 0 Å². The van der Waals surface area contributed by atoms with Crippen molar-refractivity contribution in [1.29, 1.82) is 0 Å². The number of aliphatic hydroxyl groups is 2. The van der Waals surface area contributed by atoms with Gasteiger partial charge in [-0.1, -0.05) is 41.0 Å². The number of allylic oxidation sites excluding steroid dienone is 2. The van der Waals surface area contributed by atoms with Crippen molar-refractivity contribution in [3.05, 3.63) is 22.5 Å². The summed E-state index contributed by atoms with van der Waals surface area (Å²) in [5.74, 6) is -1.85. The summed E-state index contributed by atoms with van der Waals surface area (Å²) in [6, 6.07) is 0. The lowest BCUT2D eigenvalue weighted by molar-refractivity contribution is -0.143. The van der Waals surface area contributed by atoms with Gasteiger partial charge < -0.3 is 14.9 Å². The molecule has 3 rings (SSSR count). The van der Waals surface area contributed by atoms with Gasteiger partial charge in [-0.15, -0.1) is 0 Å². The molecule has 5 heteroatoms. The Morgan fingerprint density at radius 1 is 1.12 bits per heavy atom. The summed E-state index contributed by atoms with van der Waals surface area (Å²) in [4.78, 5) is 26.0. The first kappa shape index (κ1) is 19.3. The van der Waals surface area contributed by atoms with Gasteiger partial charge in [0.05, 0.1) is 6.10 Å². The molecule has 0 spiro atoms. The minimum atomic E-state index is -0.851. The molecule has 1 fully saturated rings. The number of hydrogen-bond donors (Lipinski definition) is 2. The third kappa shape index (κ3) is 2.36. The molecule has 144 valence electrons. The minimum absolute atomic E-state index is 0.125. The van der Waals surface area contributed by atoms with E-state index in [4.69, 9.17) is 4.74 Å². The average molecular weight is 362 g/mol. The lowest BCUT2D eigenvalue weighted by Crippen LogP contribution is -2.59. The maximum Gasteiger partial charge on any atom is 0.233 e. The molecule has 0 aliphatic heterocycles. The Bertz CT molecular complexity index is 727. The van der Waals surface area contributed by atoms with Gasteiger partial charge in [-0.25, -0.2) is 0 Å². The Morgan fingerprint density at radius 2 is 1.73 bits per heavy atom. The van der Waals surface area contributed by atoms with E-state index >= 15 is 0 Å². The number of aliphatic hydroxyl groups excluding tert-OH is 2. The van der Waals surface area contributed by atoms with E-state index in [0.717, 1.165) is 12.8 Å². The zero-order valence-electron chi connectivity index (χ0n) is 16.5. The van der Waals surface area contributed by atoms with E-state index in [2.05, 4.69) is 13.8 Å². The van der Waals surface area contributed by atoms with Crippen molar-refractivity contribution in [2.45, 2.75) is 66.1 Å². The van der Waals surface area contributed by atoms with Crippen molar-refractivity contribution in [2.75, 3.05) is 7.11 Å². The molecule has 0 amide bonds. The van der Waals surface area contributed by atoms with Crippen LogP contribution in [0.15, 0.2) is 22.5 Å². The summed E-state index contributed by atoms with van der Waals surface area (Å²) in [7, 11) is 1.47. The standard InChI is InChI=1S/C21H30O5/c1-10(2)11-14(22)12-13(16(24)15(11)23)21(5)9-7-8-20(3,4)19(21)17(25)18(12)26-6/h10,17-19,22,25H,7-9H2,1-6H3/t17-,18+,19+,21-/m1/s1. The molecule has 0 unspecified atom stereocenters. The van der Waals surface area contributed by atoms with Gasteiger partial charge in [-0.05, 0) is 24.2 Å². The first-order valence-corrected chi connectivity index (χ1v) is 9.47. The van der Waals surface area contributed by atoms with Crippen LogP contribution in [0.25, 0.3) is 0 Å². The Balaban J connectivity index is 2.35. The highest BCUT2D eigenvalue weighted by atomic mass is 16.5. The maximum absolute atomic E-state index is 13.2. The minimum Gasteiger partial charge on any atom is -0.507 e. The Labute approximate surface area is 155 Å². The van der Waals surface area contributed by atoms with E-state index in [-0.39, 0.29) is 28.6 Å². The smallest absolute Gasteiger partial charge is 0.233 e. The van der Waals surface area contributed by atoms with E-state index < -0.39 is 29.2 Å². The molecule has 3 aliphatic rings. The van der Waals surface area contributed by atoms with Crippen LogP contribution in [0.5, 0.6) is 0 Å². The summed E-state index contributed by atoms with van der Waals surface area (Å²) in [6.07, 6.45) is 0.882. The van der Waals surface area contributed by atoms with Crippen LogP contribution in [0.1, 0.15) is 53.9 Å². The molecule has 26 heavy (non-hydrogen) atoms. The summed E-state index contributed by atoms with van der Waals surface area (Å²) in [5, 5.41) is 22.1. The largest absolute Gasteiger partial charge is 0.507 e. The second-order valence-electron chi connectivity index (χ2n) is 9.25. The number of fused-ring (bicyclic) bond motifs is 2. The van der Waals surface area contributed by atoms with Gasteiger partial charge in [0.15, 0.2) is 0 Å². The maximum atomic E-state index is 13.2. The third-order valence-electron chi connectivity index (χ3n) is 6.84. The van der Waals surface area contributed by atoms with Gasteiger partial charge in [0.25, 0.3) is 0 Å². The van der Waals surface area contributed by atoms with Gasteiger partial charge in [-0.2, -0.15) is 0 Å². The van der Waals surface area contributed by atoms with E-state index in [1.807, 2.05) is 6.92 Å². The van der Waals surface area contributed by atoms with Crippen molar-refractivity contribution in [1.82, 2.24) is 0 Å². The number of hydrogen-bond acceptors (Lipinski definition) is 5. The Morgan fingerprint density at radius 3 is 2.27 bits per heavy atom. The quantitative estimate of drug-likeness (QED) is 0.582. The normalized spacial score (nSPS) is 37.2. The van der Waals surface area contributed by atoms with E-state index in [0.29, 0.717) is 17.6 Å². The molecule has 0 heterocycles. The highest BCUT2D eigenvalue weighted by molar-refractivity contribution is 6.50. The highest BCUT2D eigenvalue weighted by Gasteiger charge is 2.61. The molecular formula is C21H30O5. The molecule has 0 aromatic heterocycles. The number of rotatable bonds is 2. The fourth-order valence-electron chi connectivity index (χ4n) is 5.92. The fourth-order valence-corrected chi connectivity index (χ4v) is 5.92. The van der Waals surface area contributed by atoms with Gasteiger partial charge in [0.1, 0.15) is 11.9 Å². The number of ether oxygens (including phenoxy) is 1. The van der Waals surface area contributed by atoms with Crippen molar-refractivity contribution >= 4 is 11.6 Å². The zero-order chi connectivity index (χ0) is 19.6. The molecule has 4 atom stereocenters. The van der Waals surface area contributed by atoms with E-state index in [1.54, 1.807) is 13.8 Å². The lowest BCUT2D eigenvalue weighted by atomic mass is 9.47. The molecule has 2 N–H and O–H groups in total. The van der Waals surface area contributed by atoms with Gasteiger partial charge in [-0.3, -0.25) is 9.59 Å². The number of Topliss-reactive ketones (excluding diaryl/α,β-unsaturated/α-hetero) is 2. The SMILES string of the molecule is CO[C@H]1C2=C(C(=O)C(=O)C(C(C)C)=C2O)[C@@]2(C)CCCC(C)(C)[C@@H]2[C@@H]1O. The summed E-state index contributed by atoms with van der Waals surface area (Å²) >= 11 is 0. The van der Waals surface area contributed by atoms with E-state index in [9.17, 15) is 19.8 Å². The number of ketones is 2. The highest BCUT2D eigenvalue weighted by Crippen LogP contribution is 2.61. The number of methoxy groups -OCH3 is 1. The monoisotopic (exact) mass is 362 g/mol. The topological polar surface area (TPSA) is 83.8 Å². The van der Waals surface area contributed by atoms with Crippen molar-refractivity contribution in [3.8, 4) is 0 Å². The molecular weight excluding hydrogens is 332 g/mol. The van der Waals surface area contributed by atoms with Crippen LogP contribution < -0.4 is 0 Å². The summed E-state index contributed by atoms with van der Waals surface area (Å²) in [6.45, 7) is 9.71. The van der Waals surface area contributed by atoms with Gasteiger partial charge in [0.2, 0.25) is 11.6 Å². The fraction of sp³-hybridized carbons (Fsp3) is 0.714. The van der Waals surface area contributed by atoms with Crippen molar-refractivity contribution < 1.29 is 24.5 Å². The Kier molecular flexibility index (Phi) is 4.48. The van der Waals surface area contributed by atoms with Crippen LogP contribution in [0.2, 0.25) is 0 Å². The predicted octanol–water partition coefficient (Wildman–Crippen LogP) is 3.13. The molecule has 0 saturated heterocycles. The summed E-state index contributed by atoms with van der Waals surface area (Å²) in [5.41, 5.74) is -0.0542. The van der Waals surface area contributed by atoms with E-state index in [1.165, 1.54) is 7.11 Å². The lowest BCUT2D eigenvalue weighted by Gasteiger charge is -2.58. The van der Waals surface area contributed by atoms with Crippen LogP contribution in [-0.4, -0.2) is 41.1 Å². The molecule has 0 aromatic rings. The van der Waals surface area contributed by atoms with Gasteiger partial charge >= 0.3 is 0 Å². The molecule has 1 saturated carbocycles. The van der Waals surface area contributed by atoms with Gasteiger partial charge in [0, 0.05) is 35.2 Å². The van der Waals surface area contributed by atoms with Crippen LogP contribution >= 0.6 is 0 Å². The van der Waals surface area contributed by atoms with Crippen LogP contribution in [0.3, 0.4) is 0 Å². The second-order valence-corrected chi connectivity index (χ2v) is 9.25. The molecule has 0 bridgehead atoms. The summed E-state index contributed by atoms with van der Waals surface area (Å²) < 4.78 is 5.58. The molecule has 3 aliphatic carbocycles. The number of carbonyl (C=O) groups excluding carboxylic acids is 2. The zero-order valence-corrected chi connectivity index (χ0v) is 16.5. The van der Waals surface area contributed by atoms with Crippen LogP contribution in [-0.2, 0) is 14.3 Å². The third-order valence-corrected chi connectivity index (χ3v) is 6.84. The molecule has 0 aromatic carbocycles. The molecule has 5 nitrogen and oxygen atoms in total. The van der Waals surface area contributed by atoms with Crippen LogP contribution in [0, 0.1) is 22.7 Å². The first-order chi connectivity index (χ1) is 12.0. The van der Waals surface area contributed by atoms with Crippen molar-refractivity contribution in [2.24, 2.45) is 22.7 Å². The Hall–Kier alpha value is -1.46. The number of carbonyl (C=O) groups is 2. The second kappa shape index (κ2) is 6.03. The predicted molar refractivity (Wildman–Crippen MR) is 97.6 cm³/mol. The molecule has 0 radical (unpaired) electrons. The average Bonchev–Trinajstić information content (AvgIpc) is 2.51. The first-order valence-electron chi connectivity index (χ1n) is 9.47.